The largest absolute Gasteiger partial charge is 0.449 e. The number of carbonyl (C=O) groups is 2. The average Bonchev–Trinajstić information content (AvgIpc) is 3.11. The molecule has 4 nitrogen and oxygen atoms in total. The van der Waals surface area contributed by atoms with Crippen LogP contribution in [0.1, 0.15) is 39.4 Å². The van der Waals surface area contributed by atoms with Crippen LogP contribution in [0.4, 0.5) is 4.79 Å². The molecule has 0 heterocycles. The maximum atomic E-state index is 12.2. The number of fused-ring (bicyclic) bond motifs is 3. The van der Waals surface area contributed by atoms with Gasteiger partial charge in [-0.25, -0.2) is 4.79 Å². The molecule has 0 radical (unpaired) electrons. The third-order valence-electron chi connectivity index (χ3n) is 5.34. The zero-order chi connectivity index (χ0) is 20.8. The van der Waals surface area contributed by atoms with Crippen molar-refractivity contribution in [2.75, 3.05) is 13.2 Å². The van der Waals surface area contributed by atoms with E-state index in [9.17, 15) is 9.59 Å². The fraction of sp³-hybridized carbons (Fsp3) is 0.154. The highest BCUT2D eigenvalue weighted by Crippen LogP contribution is 2.44. The van der Waals surface area contributed by atoms with Crippen molar-refractivity contribution in [2.45, 2.75) is 12.3 Å². The third-order valence-corrected chi connectivity index (χ3v) is 5.34. The SMILES string of the molecule is O=Cc1ccccc1C=CCCNC(=O)OCC1c2ccccc2-c2ccccc21. The average molecular weight is 397 g/mol. The molecule has 0 aromatic heterocycles. The maximum Gasteiger partial charge on any atom is 0.407 e. The lowest BCUT2D eigenvalue weighted by Crippen LogP contribution is -2.26. The third kappa shape index (κ3) is 4.18. The van der Waals surface area contributed by atoms with Gasteiger partial charge < -0.3 is 10.1 Å². The van der Waals surface area contributed by atoms with E-state index >= 15 is 0 Å². The van der Waals surface area contributed by atoms with E-state index in [0.717, 1.165) is 11.8 Å². The molecule has 3 aromatic rings. The highest BCUT2D eigenvalue weighted by Gasteiger charge is 2.28. The number of nitrogens with one attached hydrogen (secondary N) is 1. The van der Waals surface area contributed by atoms with Gasteiger partial charge in [-0.2, -0.15) is 0 Å². The summed E-state index contributed by atoms with van der Waals surface area (Å²) >= 11 is 0. The van der Waals surface area contributed by atoms with Crippen LogP contribution in [0.2, 0.25) is 0 Å². The summed E-state index contributed by atoms with van der Waals surface area (Å²) in [5.74, 6) is 0.0582. The van der Waals surface area contributed by atoms with E-state index in [0.29, 0.717) is 25.1 Å². The summed E-state index contributed by atoms with van der Waals surface area (Å²) in [6.07, 6.45) is 4.90. The fourth-order valence-corrected chi connectivity index (χ4v) is 3.89. The predicted octanol–water partition coefficient (Wildman–Crippen LogP) is 5.44. The normalized spacial score (nSPS) is 12.4. The molecule has 0 unspecified atom stereocenters. The Morgan fingerprint density at radius 1 is 0.867 bits per heavy atom. The van der Waals surface area contributed by atoms with Gasteiger partial charge in [-0.3, -0.25) is 4.79 Å². The minimum Gasteiger partial charge on any atom is -0.449 e. The number of alkyl carbamates (subject to hydrolysis) is 1. The molecule has 150 valence electrons. The Morgan fingerprint density at radius 2 is 1.47 bits per heavy atom. The molecule has 0 fully saturated rings. The van der Waals surface area contributed by atoms with Crippen molar-refractivity contribution in [2.24, 2.45) is 0 Å². The molecule has 0 saturated carbocycles. The standard InChI is InChI=1S/C26H23NO3/c28-17-20-11-2-1-9-19(20)10-7-8-16-27-26(29)30-18-25-23-14-5-3-12-21(23)22-13-4-6-15-24(22)25/h1-7,9-15,17,25H,8,16,18H2,(H,27,29). The van der Waals surface area contributed by atoms with Crippen LogP contribution in [0.25, 0.3) is 17.2 Å². The van der Waals surface area contributed by atoms with Crippen LogP contribution >= 0.6 is 0 Å². The maximum absolute atomic E-state index is 12.2. The van der Waals surface area contributed by atoms with Crippen molar-refractivity contribution in [3.05, 3.63) is 101 Å². The molecule has 30 heavy (non-hydrogen) atoms. The van der Waals surface area contributed by atoms with E-state index in [4.69, 9.17) is 4.74 Å². The van der Waals surface area contributed by atoms with Crippen molar-refractivity contribution < 1.29 is 14.3 Å². The zero-order valence-electron chi connectivity index (χ0n) is 16.6. The summed E-state index contributed by atoms with van der Waals surface area (Å²) in [7, 11) is 0. The molecular weight excluding hydrogens is 374 g/mol. The van der Waals surface area contributed by atoms with Gasteiger partial charge in [0.1, 0.15) is 6.61 Å². The molecule has 1 aliphatic rings. The summed E-state index contributed by atoms with van der Waals surface area (Å²) in [6.45, 7) is 0.777. The first kappa shape index (κ1) is 19.6. The number of amides is 1. The van der Waals surface area contributed by atoms with Crippen LogP contribution in [0.5, 0.6) is 0 Å². The molecule has 0 aliphatic heterocycles. The van der Waals surface area contributed by atoms with E-state index in [1.54, 1.807) is 6.07 Å². The van der Waals surface area contributed by atoms with Gasteiger partial charge in [-0.1, -0.05) is 84.9 Å². The van der Waals surface area contributed by atoms with E-state index < -0.39 is 6.09 Å². The van der Waals surface area contributed by atoms with Crippen molar-refractivity contribution in [3.63, 3.8) is 0 Å². The number of hydrogen-bond acceptors (Lipinski definition) is 3. The van der Waals surface area contributed by atoms with Gasteiger partial charge in [0.2, 0.25) is 0 Å². The first-order chi connectivity index (χ1) is 14.8. The predicted molar refractivity (Wildman–Crippen MR) is 119 cm³/mol. The number of aldehydes is 1. The molecule has 3 aromatic carbocycles. The molecular formula is C26H23NO3. The van der Waals surface area contributed by atoms with Gasteiger partial charge in [0.25, 0.3) is 0 Å². The lowest BCUT2D eigenvalue weighted by Gasteiger charge is -2.14. The molecule has 4 rings (SSSR count). The van der Waals surface area contributed by atoms with Gasteiger partial charge in [-0.05, 0) is 34.2 Å². The van der Waals surface area contributed by atoms with E-state index in [1.807, 2.05) is 54.6 Å². The number of carbonyl (C=O) groups excluding carboxylic acids is 2. The molecule has 0 bridgehead atoms. The minimum absolute atomic E-state index is 0.0582. The Balaban J connectivity index is 1.28. The van der Waals surface area contributed by atoms with Crippen LogP contribution < -0.4 is 5.32 Å². The van der Waals surface area contributed by atoms with Crippen LogP contribution in [0.15, 0.2) is 78.9 Å². The highest BCUT2D eigenvalue weighted by atomic mass is 16.5. The second-order valence-electron chi connectivity index (χ2n) is 7.19. The van der Waals surface area contributed by atoms with Crippen LogP contribution in [0, 0.1) is 0 Å². The molecule has 1 N–H and O–H groups in total. The second kappa shape index (κ2) is 9.23. The Hall–Kier alpha value is -3.66. The quantitative estimate of drug-likeness (QED) is 0.427. The van der Waals surface area contributed by atoms with Crippen LogP contribution in [-0.2, 0) is 4.74 Å². The summed E-state index contributed by atoms with van der Waals surface area (Å²) in [6, 6.07) is 23.9. The van der Waals surface area contributed by atoms with Gasteiger partial charge in [0.15, 0.2) is 6.29 Å². The molecule has 0 atom stereocenters. The number of rotatable bonds is 7. The molecule has 4 heteroatoms. The van der Waals surface area contributed by atoms with Gasteiger partial charge in [-0.15, -0.1) is 0 Å². The molecule has 0 spiro atoms. The Kier molecular flexibility index (Phi) is 6.04. The van der Waals surface area contributed by atoms with Crippen molar-refractivity contribution >= 4 is 18.5 Å². The fourth-order valence-electron chi connectivity index (χ4n) is 3.89. The van der Waals surface area contributed by atoms with E-state index in [2.05, 4.69) is 29.6 Å². The summed E-state index contributed by atoms with van der Waals surface area (Å²) < 4.78 is 5.52. The molecule has 1 amide bonds. The number of benzene rings is 3. The highest BCUT2D eigenvalue weighted by molar-refractivity contribution is 5.81. The van der Waals surface area contributed by atoms with E-state index in [-0.39, 0.29) is 5.92 Å². The zero-order valence-corrected chi connectivity index (χ0v) is 16.6. The van der Waals surface area contributed by atoms with Crippen molar-refractivity contribution in [1.29, 1.82) is 0 Å². The Bertz CT molecular complexity index is 1040. The molecule has 0 saturated heterocycles. The van der Waals surface area contributed by atoms with E-state index in [1.165, 1.54) is 22.3 Å². The smallest absolute Gasteiger partial charge is 0.407 e. The van der Waals surface area contributed by atoms with Crippen molar-refractivity contribution in [1.82, 2.24) is 5.32 Å². The second-order valence-corrected chi connectivity index (χ2v) is 7.19. The van der Waals surface area contributed by atoms with Gasteiger partial charge in [0.05, 0.1) is 0 Å². The first-order valence-corrected chi connectivity index (χ1v) is 10.1. The lowest BCUT2D eigenvalue weighted by atomic mass is 9.98. The number of ether oxygens (including phenoxy) is 1. The van der Waals surface area contributed by atoms with Gasteiger partial charge in [0, 0.05) is 18.0 Å². The summed E-state index contributed by atoms with van der Waals surface area (Å²) in [4.78, 5) is 23.2. The Morgan fingerprint density at radius 3 is 2.13 bits per heavy atom. The minimum atomic E-state index is -0.418. The number of hydrogen-bond donors (Lipinski definition) is 1. The summed E-state index contributed by atoms with van der Waals surface area (Å²) in [5, 5.41) is 2.79. The first-order valence-electron chi connectivity index (χ1n) is 10.1. The van der Waals surface area contributed by atoms with Gasteiger partial charge >= 0.3 is 6.09 Å². The monoisotopic (exact) mass is 397 g/mol. The Labute approximate surface area is 176 Å². The lowest BCUT2D eigenvalue weighted by molar-refractivity contribution is 0.112. The molecule has 1 aliphatic carbocycles. The summed E-state index contributed by atoms with van der Waals surface area (Å²) in [5.41, 5.74) is 6.34. The van der Waals surface area contributed by atoms with Crippen molar-refractivity contribution in [3.8, 4) is 11.1 Å². The van der Waals surface area contributed by atoms with Crippen LogP contribution in [0.3, 0.4) is 0 Å². The topological polar surface area (TPSA) is 55.4 Å². The van der Waals surface area contributed by atoms with Crippen LogP contribution in [-0.4, -0.2) is 25.5 Å².